The molecule has 1 fully saturated rings. The van der Waals surface area contributed by atoms with Crippen LogP contribution in [0.15, 0.2) is 4.99 Å². The average molecular weight is 242 g/mol. The molecule has 1 aliphatic rings. The molecule has 17 heavy (non-hydrogen) atoms. The Labute approximate surface area is 102 Å². The fourth-order valence-electron chi connectivity index (χ4n) is 2.31. The van der Waals surface area contributed by atoms with E-state index in [1.54, 1.807) is 7.11 Å². The predicted molar refractivity (Wildman–Crippen MR) is 66.4 cm³/mol. The molecule has 98 valence electrons. The lowest BCUT2D eigenvalue weighted by atomic mass is 9.87. The summed E-state index contributed by atoms with van der Waals surface area (Å²) in [6, 6.07) is -0.405. The minimum Gasteiger partial charge on any atom is -0.483 e. The van der Waals surface area contributed by atoms with Gasteiger partial charge in [-0.25, -0.2) is 0 Å². The zero-order valence-electron chi connectivity index (χ0n) is 11.1. The number of methoxy groups -OCH3 is 1. The molecular formula is C12H22N2O3. The number of hydrogen-bond donors (Lipinski definition) is 1. The van der Waals surface area contributed by atoms with Crippen LogP contribution in [0, 0.1) is 0 Å². The lowest BCUT2D eigenvalue weighted by Gasteiger charge is -2.49. The van der Waals surface area contributed by atoms with Crippen molar-refractivity contribution in [3.63, 3.8) is 0 Å². The summed E-state index contributed by atoms with van der Waals surface area (Å²) in [5.74, 6) is -0.128. The third-order valence-electron chi connectivity index (χ3n) is 3.58. The van der Waals surface area contributed by atoms with Gasteiger partial charge in [-0.15, -0.1) is 0 Å². The largest absolute Gasteiger partial charge is 0.483 e. The fourth-order valence-corrected chi connectivity index (χ4v) is 2.31. The van der Waals surface area contributed by atoms with Gasteiger partial charge in [-0.2, -0.15) is 0 Å². The molecule has 0 spiro atoms. The van der Waals surface area contributed by atoms with Gasteiger partial charge in [0.05, 0.1) is 12.6 Å². The van der Waals surface area contributed by atoms with Crippen molar-refractivity contribution in [2.75, 3.05) is 20.2 Å². The van der Waals surface area contributed by atoms with Crippen molar-refractivity contribution >= 4 is 11.9 Å². The molecule has 1 aliphatic heterocycles. The SMILES string of the molecule is CCN=C(OC)C(C)(CC)N1CC[C@H]1C(=O)O. The molecule has 0 aromatic carbocycles. The molecule has 5 heteroatoms. The molecule has 0 bridgehead atoms. The quantitative estimate of drug-likeness (QED) is 0.584. The lowest BCUT2D eigenvalue weighted by Crippen LogP contribution is -2.65. The normalized spacial score (nSPS) is 24.9. The van der Waals surface area contributed by atoms with Gasteiger partial charge in [-0.1, -0.05) is 6.92 Å². The molecule has 1 N–H and O–H groups in total. The van der Waals surface area contributed by atoms with Crippen LogP contribution < -0.4 is 0 Å². The Hall–Kier alpha value is -1.10. The van der Waals surface area contributed by atoms with Crippen LogP contribution >= 0.6 is 0 Å². The van der Waals surface area contributed by atoms with E-state index in [2.05, 4.69) is 4.99 Å². The molecule has 5 nitrogen and oxygen atoms in total. The molecule has 1 saturated heterocycles. The van der Waals surface area contributed by atoms with E-state index < -0.39 is 17.6 Å². The smallest absolute Gasteiger partial charge is 0.320 e. The van der Waals surface area contributed by atoms with Crippen LogP contribution in [0.1, 0.15) is 33.6 Å². The van der Waals surface area contributed by atoms with Crippen LogP contribution in [0.5, 0.6) is 0 Å². The topological polar surface area (TPSA) is 62.1 Å². The minimum atomic E-state index is -0.761. The molecule has 0 aliphatic carbocycles. The third-order valence-corrected chi connectivity index (χ3v) is 3.58. The minimum absolute atomic E-state index is 0.405. The van der Waals surface area contributed by atoms with Gasteiger partial charge < -0.3 is 9.84 Å². The van der Waals surface area contributed by atoms with Crippen LogP contribution in [0.25, 0.3) is 0 Å². The van der Waals surface area contributed by atoms with Crippen LogP contribution in [0.4, 0.5) is 0 Å². The number of ether oxygens (including phenoxy) is 1. The Kier molecular flexibility index (Phi) is 4.51. The first-order chi connectivity index (χ1) is 8.01. The Morgan fingerprint density at radius 3 is 2.53 bits per heavy atom. The summed E-state index contributed by atoms with van der Waals surface area (Å²) < 4.78 is 5.35. The first-order valence-electron chi connectivity index (χ1n) is 6.09. The highest BCUT2D eigenvalue weighted by molar-refractivity contribution is 5.87. The first-order valence-corrected chi connectivity index (χ1v) is 6.09. The fraction of sp³-hybridized carbons (Fsp3) is 0.833. The van der Waals surface area contributed by atoms with Gasteiger partial charge in [-0.3, -0.25) is 14.7 Å². The van der Waals surface area contributed by atoms with Crippen molar-refractivity contribution in [1.82, 2.24) is 4.90 Å². The van der Waals surface area contributed by atoms with E-state index in [0.717, 1.165) is 13.0 Å². The van der Waals surface area contributed by atoms with Crippen molar-refractivity contribution in [2.24, 2.45) is 4.99 Å². The second kappa shape index (κ2) is 5.49. The highest BCUT2D eigenvalue weighted by Gasteiger charge is 2.48. The van der Waals surface area contributed by atoms with Crippen molar-refractivity contribution in [2.45, 2.75) is 45.2 Å². The molecule has 1 heterocycles. The monoisotopic (exact) mass is 242 g/mol. The average Bonchev–Trinajstić information content (AvgIpc) is 2.23. The molecule has 1 unspecified atom stereocenters. The third kappa shape index (κ3) is 2.44. The van der Waals surface area contributed by atoms with E-state index in [4.69, 9.17) is 9.84 Å². The number of aliphatic carboxylic acids is 1. The molecule has 0 radical (unpaired) electrons. The zero-order valence-corrected chi connectivity index (χ0v) is 11.1. The van der Waals surface area contributed by atoms with Gasteiger partial charge in [0.15, 0.2) is 0 Å². The maximum atomic E-state index is 11.1. The molecule has 1 rings (SSSR count). The van der Waals surface area contributed by atoms with Gasteiger partial charge in [0, 0.05) is 13.1 Å². The number of carbonyl (C=O) groups is 1. The zero-order chi connectivity index (χ0) is 13.1. The van der Waals surface area contributed by atoms with E-state index in [-0.39, 0.29) is 0 Å². The predicted octanol–water partition coefficient (Wildman–Crippen LogP) is 1.38. The maximum absolute atomic E-state index is 11.1. The van der Waals surface area contributed by atoms with Gasteiger partial charge in [0.25, 0.3) is 0 Å². The molecule has 2 atom stereocenters. The second-order valence-electron chi connectivity index (χ2n) is 4.45. The second-order valence-corrected chi connectivity index (χ2v) is 4.45. The molecule has 0 saturated carbocycles. The van der Waals surface area contributed by atoms with Crippen LogP contribution in [0.3, 0.4) is 0 Å². The summed E-state index contributed by atoms with van der Waals surface area (Å²) in [7, 11) is 1.60. The van der Waals surface area contributed by atoms with Gasteiger partial charge in [-0.05, 0) is 26.7 Å². The van der Waals surface area contributed by atoms with Gasteiger partial charge >= 0.3 is 5.97 Å². The number of hydrogen-bond acceptors (Lipinski definition) is 4. The van der Waals surface area contributed by atoms with Crippen molar-refractivity contribution in [3.05, 3.63) is 0 Å². The summed E-state index contributed by atoms with van der Waals surface area (Å²) in [5, 5.41) is 9.12. The van der Waals surface area contributed by atoms with Crippen LogP contribution in [0.2, 0.25) is 0 Å². The summed E-state index contributed by atoms with van der Waals surface area (Å²) >= 11 is 0. The van der Waals surface area contributed by atoms with Crippen molar-refractivity contribution in [3.8, 4) is 0 Å². The number of rotatable bonds is 5. The Balaban J connectivity index is 2.95. The van der Waals surface area contributed by atoms with E-state index in [9.17, 15) is 4.79 Å². The van der Waals surface area contributed by atoms with Gasteiger partial charge in [0.1, 0.15) is 6.04 Å². The van der Waals surface area contributed by atoms with Crippen LogP contribution in [-0.2, 0) is 9.53 Å². The summed E-state index contributed by atoms with van der Waals surface area (Å²) in [4.78, 5) is 17.4. The maximum Gasteiger partial charge on any atom is 0.320 e. The van der Waals surface area contributed by atoms with E-state index in [0.29, 0.717) is 18.9 Å². The molecular weight excluding hydrogens is 220 g/mol. The Morgan fingerprint density at radius 1 is 1.59 bits per heavy atom. The molecule has 0 aromatic rings. The van der Waals surface area contributed by atoms with Crippen molar-refractivity contribution < 1.29 is 14.6 Å². The number of nitrogens with zero attached hydrogens (tertiary/aromatic N) is 2. The van der Waals surface area contributed by atoms with Crippen LogP contribution in [-0.4, -0.2) is 53.7 Å². The number of likely N-dealkylation sites (tertiary alicyclic amines) is 1. The number of carboxylic acids is 1. The summed E-state index contributed by atoms with van der Waals surface area (Å²) in [5.41, 5.74) is -0.411. The summed E-state index contributed by atoms with van der Waals surface area (Å²) in [6.07, 6.45) is 1.48. The standard InChI is InChI=1S/C12H22N2O3/c1-5-12(3,11(17-4)13-6-2)14-8-7-9(14)10(15)16/h9H,5-8H2,1-4H3,(H,15,16)/t9-,12?/m0/s1. The Bertz CT molecular complexity index is 317. The first kappa shape index (κ1) is 14.0. The van der Waals surface area contributed by atoms with Crippen molar-refractivity contribution in [1.29, 1.82) is 0 Å². The highest BCUT2D eigenvalue weighted by atomic mass is 16.5. The highest BCUT2D eigenvalue weighted by Crippen LogP contribution is 2.32. The number of aliphatic imine (C=N–C) groups is 1. The molecule has 0 amide bonds. The summed E-state index contributed by atoms with van der Waals surface area (Å²) in [6.45, 7) is 7.40. The lowest BCUT2D eigenvalue weighted by molar-refractivity contribution is -0.151. The van der Waals surface area contributed by atoms with E-state index in [1.807, 2.05) is 25.7 Å². The number of carboxylic acid groups (broad SMARTS) is 1. The van der Waals surface area contributed by atoms with E-state index >= 15 is 0 Å². The van der Waals surface area contributed by atoms with Gasteiger partial charge in [0.2, 0.25) is 5.90 Å². The van der Waals surface area contributed by atoms with E-state index in [1.165, 1.54) is 0 Å². The Morgan fingerprint density at radius 2 is 2.24 bits per heavy atom. The molecule has 0 aromatic heterocycles.